The number of para-hydroxylation sites is 1. The van der Waals surface area contributed by atoms with Crippen LogP contribution in [0.15, 0.2) is 30.3 Å². The fourth-order valence-electron chi connectivity index (χ4n) is 2.64. The Morgan fingerprint density at radius 2 is 1.86 bits per heavy atom. The summed E-state index contributed by atoms with van der Waals surface area (Å²) in [7, 11) is 0. The number of amides is 1. The SMILES string of the molecule is CC(C)c1c(C(=O)N2CCOCC2)nnn1-c1ccccc1. The number of carbonyl (C=O) groups is 1. The lowest BCUT2D eigenvalue weighted by atomic mass is 10.1. The molecule has 0 aliphatic carbocycles. The van der Waals surface area contributed by atoms with E-state index in [1.54, 1.807) is 9.58 Å². The largest absolute Gasteiger partial charge is 0.378 e. The first-order valence-corrected chi connectivity index (χ1v) is 7.56. The summed E-state index contributed by atoms with van der Waals surface area (Å²) in [6.45, 7) is 6.47. The first kappa shape index (κ1) is 14.7. The van der Waals surface area contributed by atoms with E-state index in [2.05, 4.69) is 10.3 Å². The van der Waals surface area contributed by atoms with Gasteiger partial charge in [0.05, 0.1) is 24.6 Å². The third kappa shape index (κ3) is 2.74. The highest BCUT2D eigenvalue weighted by Gasteiger charge is 2.27. The number of morpholine rings is 1. The third-order valence-electron chi connectivity index (χ3n) is 3.75. The summed E-state index contributed by atoms with van der Waals surface area (Å²) >= 11 is 0. The van der Waals surface area contributed by atoms with E-state index < -0.39 is 0 Å². The van der Waals surface area contributed by atoms with E-state index in [1.165, 1.54) is 0 Å². The van der Waals surface area contributed by atoms with E-state index in [-0.39, 0.29) is 11.8 Å². The maximum Gasteiger partial charge on any atom is 0.276 e. The van der Waals surface area contributed by atoms with Crippen LogP contribution in [-0.2, 0) is 4.74 Å². The fourth-order valence-corrected chi connectivity index (χ4v) is 2.64. The van der Waals surface area contributed by atoms with Crippen LogP contribution in [0.5, 0.6) is 0 Å². The van der Waals surface area contributed by atoms with Crippen LogP contribution in [0, 0.1) is 0 Å². The summed E-state index contributed by atoms with van der Waals surface area (Å²) in [6.07, 6.45) is 0. The molecule has 22 heavy (non-hydrogen) atoms. The van der Waals surface area contributed by atoms with Crippen molar-refractivity contribution < 1.29 is 9.53 Å². The molecule has 1 aromatic heterocycles. The molecule has 0 spiro atoms. The molecule has 1 aliphatic rings. The van der Waals surface area contributed by atoms with E-state index in [0.717, 1.165) is 11.4 Å². The van der Waals surface area contributed by atoms with Crippen molar-refractivity contribution in [3.63, 3.8) is 0 Å². The molecule has 6 heteroatoms. The molecule has 116 valence electrons. The van der Waals surface area contributed by atoms with Gasteiger partial charge in [-0.3, -0.25) is 4.79 Å². The van der Waals surface area contributed by atoms with Crippen molar-refractivity contribution in [1.29, 1.82) is 0 Å². The smallest absolute Gasteiger partial charge is 0.276 e. The molecule has 1 aliphatic heterocycles. The van der Waals surface area contributed by atoms with Crippen molar-refractivity contribution in [2.24, 2.45) is 0 Å². The lowest BCUT2D eigenvalue weighted by Gasteiger charge is -2.26. The second-order valence-electron chi connectivity index (χ2n) is 5.63. The summed E-state index contributed by atoms with van der Waals surface area (Å²) in [5.74, 6) is 0.0874. The highest BCUT2D eigenvalue weighted by atomic mass is 16.5. The van der Waals surface area contributed by atoms with Gasteiger partial charge in [0.25, 0.3) is 5.91 Å². The van der Waals surface area contributed by atoms with Crippen molar-refractivity contribution in [1.82, 2.24) is 19.9 Å². The molecule has 0 N–H and O–H groups in total. The van der Waals surface area contributed by atoms with Crippen molar-refractivity contribution in [3.8, 4) is 5.69 Å². The van der Waals surface area contributed by atoms with E-state index in [0.29, 0.717) is 32.0 Å². The van der Waals surface area contributed by atoms with Crippen LogP contribution < -0.4 is 0 Å². The van der Waals surface area contributed by atoms with Gasteiger partial charge in [0.1, 0.15) is 0 Å². The maximum absolute atomic E-state index is 12.7. The van der Waals surface area contributed by atoms with E-state index in [9.17, 15) is 4.79 Å². The van der Waals surface area contributed by atoms with Gasteiger partial charge in [-0.25, -0.2) is 4.68 Å². The molecule has 0 atom stereocenters. The molecule has 2 aromatic rings. The highest BCUT2D eigenvalue weighted by molar-refractivity contribution is 5.93. The zero-order valence-electron chi connectivity index (χ0n) is 12.9. The summed E-state index contributed by atoms with van der Waals surface area (Å²) in [6, 6.07) is 9.78. The predicted octanol–water partition coefficient (Wildman–Crippen LogP) is 1.86. The van der Waals surface area contributed by atoms with E-state index >= 15 is 0 Å². The Morgan fingerprint density at radius 3 is 2.50 bits per heavy atom. The van der Waals surface area contributed by atoms with Crippen LogP contribution in [0.2, 0.25) is 0 Å². The Bertz CT molecular complexity index is 645. The summed E-state index contributed by atoms with van der Waals surface area (Å²) in [5.41, 5.74) is 2.21. The topological polar surface area (TPSA) is 60.3 Å². The van der Waals surface area contributed by atoms with E-state index in [4.69, 9.17) is 4.74 Å². The van der Waals surface area contributed by atoms with Gasteiger partial charge >= 0.3 is 0 Å². The number of rotatable bonds is 3. The molecule has 0 bridgehead atoms. The van der Waals surface area contributed by atoms with Crippen molar-refractivity contribution in [2.75, 3.05) is 26.3 Å². The van der Waals surface area contributed by atoms with Crippen LogP contribution in [0.4, 0.5) is 0 Å². The second-order valence-corrected chi connectivity index (χ2v) is 5.63. The first-order chi connectivity index (χ1) is 10.7. The van der Waals surface area contributed by atoms with Crippen LogP contribution >= 0.6 is 0 Å². The molecule has 6 nitrogen and oxygen atoms in total. The van der Waals surface area contributed by atoms with Gasteiger partial charge in [0.15, 0.2) is 5.69 Å². The Hall–Kier alpha value is -2.21. The van der Waals surface area contributed by atoms with Gasteiger partial charge in [-0.2, -0.15) is 0 Å². The molecule has 0 unspecified atom stereocenters. The third-order valence-corrected chi connectivity index (χ3v) is 3.75. The number of aromatic nitrogens is 3. The summed E-state index contributed by atoms with van der Waals surface area (Å²) in [4.78, 5) is 14.5. The molecule has 2 heterocycles. The van der Waals surface area contributed by atoms with Gasteiger partial charge in [0, 0.05) is 13.1 Å². The summed E-state index contributed by atoms with van der Waals surface area (Å²) in [5, 5.41) is 8.38. The molecule has 0 saturated carbocycles. The first-order valence-electron chi connectivity index (χ1n) is 7.56. The zero-order valence-corrected chi connectivity index (χ0v) is 12.9. The van der Waals surface area contributed by atoms with Gasteiger partial charge in [0.2, 0.25) is 0 Å². The van der Waals surface area contributed by atoms with Gasteiger partial charge in [-0.1, -0.05) is 37.3 Å². The maximum atomic E-state index is 12.7. The minimum absolute atomic E-state index is 0.0609. The Kier molecular flexibility index (Phi) is 4.20. The van der Waals surface area contributed by atoms with Crippen molar-refractivity contribution >= 4 is 5.91 Å². The second kappa shape index (κ2) is 6.27. The molecule has 0 radical (unpaired) electrons. The number of hydrogen-bond acceptors (Lipinski definition) is 4. The van der Waals surface area contributed by atoms with Gasteiger partial charge in [-0.15, -0.1) is 5.10 Å². The number of nitrogens with zero attached hydrogens (tertiary/aromatic N) is 4. The van der Waals surface area contributed by atoms with Crippen LogP contribution in [0.1, 0.15) is 35.9 Å². The molecular formula is C16H20N4O2. The Labute approximate surface area is 129 Å². The minimum atomic E-state index is -0.0609. The lowest BCUT2D eigenvalue weighted by molar-refractivity contribution is 0.0298. The normalized spacial score (nSPS) is 15.3. The monoisotopic (exact) mass is 300 g/mol. The fraction of sp³-hybridized carbons (Fsp3) is 0.438. The molecule has 1 fully saturated rings. The lowest BCUT2D eigenvalue weighted by Crippen LogP contribution is -2.41. The number of ether oxygens (including phenoxy) is 1. The predicted molar refractivity (Wildman–Crippen MR) is 82.2 cm³/mol. The minimum Gasteiger partial charge on any atom is -0.378 e. The molecular weight excluding hydrogens is 280 g/mol. The van der Waals surface area contributed by atoms with Crippen molar-refractivity contribution in [3.05, 3.63) is 41.7 Å². The average Bonchev–Trinajstić information content (AvgIpc) is 3.01. The van der Waals surface area contributed by atoms with Crippen LogP contribution in [-0.4, -0.2) is 52.1 Å². The average molecular weight is 300 g/mol. The number of benzene rings is 1. The Morgan fingerprint density at radius 1 is 1.18 bits per heavy atom. The molecule has 1 amide bonds. The summed E-state index contributed by atoms with van der Waals surface area (Å²) < 4.78 is 7.07. The highest BCUT2D eigenvalue weighted by Crippen LogP contribution is 2.22. The van der Waals surface area contributed by atoms with Crippen LogP contribution in [0.25, 0.3) is 5.69 Å². The zero-order chi connectivity index (χ0) is 15.5. The van der Waals surface area contributed by atoms with Crippen LogP contribution in [0.3, 0.4) is 0 Å². The van der Waals surface area contributed by atoms with E-state index in [1.807, 2.05) is 44.2 Å². The molecule has 3 rings (SSSR count). The molecule has 1 aromatic carbocycles. The van der Waals surface area contributed by atoms with Gasteiger partial charge in [-0.05, 0) is 18.1 Å². The Balaban J connectivity index is 1.98. The standard InChI is InChI=1S/C16H20N4O2/c1-12(2)15-14(16(21)19-8-10-22-11-9-19)17-18-20(15)13-6-4-3-5-7-13/h3-7,12H,8-11H2,1-2H3. The molecule has 1 saturated heterocycles. The van der Waals surface area contributed by atoms with Crippen molar-refractivity contribution in [2.45, 2.75) is 19.8 Å². The van der Waals surface area contributed by atoms with Gasteiger partial charge < -0.3 is 9.64 Å². The number of carbonyl (C=O) groups excluding carboxylic acids is 1. The quantitative estimate of drug-likeness (QED) is 0.868. The number of hydrogen-bond donors (Lipinski definition) is 0.